The van der Waals surface area contributed by atoms with Gasteiger partial charge in [0.25, 0.3) is 16.8 Å². The number of imide groups is 1. The number of aryl methyl sites for hydroxylation is 1. The predicted octanol–water partition coefficient (Wildman–Crippen LogP) is 5.40. The molecule has 0 saturated carbocycles. The van der Waals surface area contributed by atoms with E-state index in [4.69, 9.17) is 13.7 Å². The Labute approximate surface area is 247 Å². The maximum atomic E-state index is 12.9. The molecule has 0 aromatic heterocycles. The van der Waals surface area contributed by atoms with Crippen LogP contribution in [0.1, 0.15) is 11.1 Å². The summed E-state index contributed by atoms with van der Waals surface area (Å²) in [6.07, 6.45) is 1.51. The van der Waals surface area contributed by atoms with Crippen molar-refractivity contribution in [3.63, 3.8) is 0 Å². The van der Waals surface area contributed by atoms with Gasteiger partial charge in [0, 0.05) is 12.1 Å². The molecule has 1 aliphatic heterocycles. The number of carbonyl (C=O) groups is 2. The number of amides is 2. The number of ether oxygens (including phenoxy) is 2. The number of nitrogens with zero attached hydrogens (tertiary/aromatic N) is 2. The third-order valence-electron chi connectivity index (χ3n) is 5.53. The van der Waals surface area contributed by atoms with Crippen molar-refractivity contribution in [2.45, 2.75) is 11.8 Å². The van der Waals surface area contributed by atoms with E-state index in [1.807, 2.05) is 47.7 Å². The fourth-order valence-corrected chi connectivity index (χ4v) is 6.31. The Morgan fingerprint density at radius 1 is 1.10 bits per heavy atom. The van der Waals surface area contributed by atoms with E-state index in [0.29, 0.717) is 14.9 Å². The number of rotatable bonds is 10. The molecule has 14 heteroatoms. The third kappa shape index (κ3) is 6.74. The number of hydrogen-bond acceptors (Lipinski definition) is 10. The molecule has 4 rings (SSSR count). The minimum atomic E-state index is -4.35. The van der Waals surface area contributed by atoms with E-state index in [0.717, 1.165) is 46.5 Å². The number of hydrogen-bond donors (Lipinski definition) is 0. The van der Waals surface area contributed by atoms with Crippen molar-refractivity contribution in [2.75, 3.05) is 20.3 Å². The fourth-order valence-electron chi connectivity index (χ4n) is 3.60. The van der Waals surface area contributed by atoms with Crippen molar-refractivity contribution in [2.24, 2.45) is 0 Å². The Balaban J connectivity index is 1.50. The average molecular weight is 696 g/mol. The van der Waals surface area contributed by atoms with Gasteiger partial charge in [-0.3, -0.25) is 24.6 Å². The van der Waals surface area contributed by atoms with Crippen LogP contribution in [0, 0.1) is 20.6 Å². The molecule has 0 radical (unpaired) electrons. The molecule has 40 heavy (non-hydrogen) atoms. The highest BCUT2D eigenvalue weighted by Crippen LogP contribution is 2.38. The van der Waals surface area contributed by atoms with Crippen LogP contribution in [0.2, 0.25) is 0 Å². The van der Waals surface area contributed by atoms with Gasteiger partial charge in [-0.1, -0.05) is 12.1 Å². The lowest BCUT2D eigenvalue weighted by Gasteiger charge is -2.14. The van der Waals surface area contributed by atoms with Gasteiger partial charge in [0.05, 0.1) is 27.1 Å². The lowest BCUT2D eigenvalue weighted by molar-refractivity contribution is -0.384. The van der Waals surface area contributed by atoms with E-state index in [-0.39, 0.29) is 40.1 Å². The lowest BCUT2D eigenvalue weighted by Crippen LogP contribution is -2.32. The highest BCUT2D eigenvalue weighted by molar-refractivity contribution is 14.1. The van der Waals surface area contributed by atoms with Gasteiger partial charge in [0.1, 0.15) is 17.3 Å². The summed E-state index contributed by atoms with van der Waals surface area (Å²) >= 11 is 2.64. The van der Waals surface area contributed by atoms with Gasteiger partial charge in [-0.2, -0.15) is 8.42 Å². The summed E-state index contributed by atoms with van der Waals surface area (Å²) in [6, 6.07) is 14.7. The maximum Gasteiger partial charge on any atom is 0.339 e. The fraction of sp³-hybridized carbons (Fsp3) is 0.154. The molecule has 0 bridgehead atoms. The first-order valence-corrected chi connectivity index (χ1v) is 14.8. The first kappa shape index (κ1) is 29.4. The van der Waals surface area contributed by atoms with Crippen molar-refractivity contribution in [3.05, 3.63) is 90.4 Å². The number of benzene rings is 3. The first-order valence-electron chi connectivity index (χ1n) is 11.5. The second-order valence-corrected chi connectivity index (χ2v) is 12.0. The molecule has 1 fully saturated rings. The second kappa shape index (κ2) is 12.3. The molecule has 0 atom stereocenters. The lowest BCUT2D eigenvalue weighted by atomic mass is 10.2. The number of carbonyl (C=O) groups excluding carboxylic acids is 2. The van der Waals surface area contributed by atoms with Crippen LogP contribution in [-0.2, 0) is 14.9 Å². The van der Waals surface area contributed by atoms with E-state index >= 15 is 0 Å². The van der Waals surface area contributed by atoms with Crippen molar-refractivity contribution < 1.29 is 36.6 Å². The number of nitro groups is 1. The summed E-state index contributed by atoms with van der Waals surface area (Å²) in [4.78, 5) is 36.6. The van der Waals surface area contributed by atoms with Gasteiger partial charge < -0.3 is 13.7 Å². The van der Waals surface area contributed by atoms with Crippen LogP contribution in [0.25, 0.3) is 6.08 Å². The molecule has 0 unspecified atom stereocenters. The predicted molar refractivity (Wildman–Crippen MR) is 156 cm³/mol. The molecule has 11 nitrogen and oxygen atoms in total. The maximum absolute atomic E-state index is 12.9. The summed E-state index contributed by atoms with van der Waals surface area (Å²) in [5.74, 6) is 0.134. The summed E-state index contributed by atoms with van der Waals surface area (Å²) < 4.78 is 42.3. The molecule has 0 aliphatic carbocycles. The average Bonchev–Trinajstić information content (AvgIpc) is 3.17. The zero-order valence-electron chi connectivity index (χ0n) is 21.0. The Morgan fingerprint density at radius 3 is 2.48 bits per heavy atom. The van der Waals surface area contributed by atoms with Crippen molar-refractivity contribution in [1.29, 1.82) is 0 Å². The van der Waals surface area contributed by atoms with E-state index in [1.54, 1.807) is 12.1 Å². The Morgan fingerprint density at radius 2 is 1.82 bits per heavy atom. The summed E-state index contributed by atoms with van der Waals surface area (Å²) in [7, 11) is -3.02. The largest absolute Gasteiger partial charge is 0.493 e. The standard InChI is InChI=1S/C26H21IN2O9S2/c1-16-4-3-5-19(12-16)37-11-10-28-25(30)23(39-26(28)31)15-17-13-21(27)24(22(14-17)36-2)38-40(34,35)20-8-6-18(7-9-20)29(32)33/h3-9,12-15H,10-11H2,1-2H3/b23-15-. The van der Waals surface area contributed by atoms with Crippen molar-refractivity contribution in [3.8, 4) is 17.2 Å². The van der Waals surface area contributed by atoms with Gasteiger partial charge in [-0.15, -0.1) is 0 Å². The molecular weight excluding hydrogens is 675 g/mol. The zero-order valence-corrected chi connectivity index (χ0v) is 24.8. The summed E-state index contributed by atoms with van der Waals surface area (Å²) in [5, 5.41) is 10.4. The van der Waals surface area contributed by atoms with Crippen LogP contribution >= 0.6 is 34.4 Å². The quantitative estimate of drug-likeness (QED) is 0.0890. The second-order valence-electron chi connectivity index (χ2n) is 8.32. The Bertz CT molecular complexity index is 1620. The van der Waals surface area contributed by atoms with Crippen LogP contribution in [0.3, 0.4) is 0 Å². The molecule has 1 saturated heterocycles. The highest BCUT2D eigenvalue weighted by Gasteiger charge is 2.35. The number of thioether (sulfide) groups is 1. The molecule has 3 aromatic rings. The van der Waals surface area contributed by atoms with Gasteiger partial charge in [-0.25, -0.2) is 0 Å². The minimum absolute atomic E-state index is 0.0643. The highest BCUT2D eigenvalue weighted by atomic mass is 127. The molecule has 0 spiro atoms. The van der Waals surface area contributed by atoms with Crippen LogP contribution in [0.5, 0.6) is 17.2 Å². The molecule has 1 heterocycles. The number of halogens is 1. The first-order chi connectivity index (χ1) is 19.0. The van der Waals surface area contributed by atoms with Gasteiger partial charge in [-0.05, 0) is 94.9 Å². The van der Waals surface area contributed by atoms with Crippen molar-refractivity contribution in [1.82, 2.24) is 4.90 Å². The molecule has 2 amide bonds. The van der Waals surface area contributed by atoms with Gasteiger partial charge in [0.2, 0.25) is 0 Å². The third-order valence-corrected chi connectivity index (χ3v) is 8.47. The summed E-state index contributed by atoms with van der Waals surface area (Å²) in [5.41, 5.74) is 1.23. The van der Waals surface area contributed by atoms with Crippen LogP contribution in [-0.4, -0.2) is 49.6 Å². The Kier molecular flexibility index (Phi) is 9.00. The minimum Gasteiger partial charge on any atom is -0.493 e. The molecule has 0 N–H and O–H groups in total. The molecular formula is C26H21IN2O9S2. The van der Waals surface area contributed by atoms with Gasteiger partial charge >= 0.3 is 10.1 Å². The van der Waals surface area contributed by atoms with E-state index in [2.05, 4.69) is 0 Å². The smallest absolute Gasteiger partial charge is 0.339 e. The SMILES string of the molecule is COc1cc(/C=C2\SC(=O)N(CCOc3cccc(C)c3)C2=O)cc(I)c1OS(=O)(=O)c1ccc([N+](=O)[O-])cc1. The molecule has 1 aliphatic rings. The van der Waals surface area contributed by atoms with Crippen LogP contribution in [0.4, 0.5) is 10.5 Å². The van der Waals surface area contributed by atoms with Crippen LogP contribution < -0.4 is 13.7 Å². The normalized spacial score (nSPS) is 14.5. The van der Waals surface area contributed by atoms with E-state index in [9.17, 15) is 28.1 Å². The molecule has 3 aromatic carbocycles. The Hall–Kier alpha value is -3.63. The van der Waals surface area contributed by atoms with Crippen molar-refractivity contribution >= 4 is 67.4 Å². The monoisotopic (exact) mass is 696 g/mol. The summed E-state index contributed by atoms with van der Waals surface area (Å²) in [6.45, 7) is 2.14. The van der Waals surface area contributed by atoms with Crippen LogP contribution in [0.15, 0.2) is 70.5 Å². The molecule has 208 valence electrons. The van der Waals surface area contributed by atoms with E-state index < -0.39 is 26.2 Å². The van der Waals surface area contributed by atoms with Gasteiger partial charge in [0.15, 0.2) is 11.5 Å². The zero-order chi connectivity index (χ0) is 29.0. The topological polar surface area (TPSA) is 142 Å². The van der Waals surface area contributed by atoms with E-state index in [1.165, 1.54) is 19.3 Å². The number of nitro benzene ring substituents is 1. The number of methoxy groups -OCH3 is 1. The number of non-ortho nitro benzene ring substituents is 1.